The smallest absolute Gasteiger partial charge is 0.170 e. The first kappa shape index (κ1) is 12.9. The zero-order chi connectivity index (χ0) is 13.7. The molecule has 0 radical (unpaired) electrons. The lowest BCUT2D eigenvalue weighted by molar-refractivity contribution is 0.278. The summed E-state index contributed by atoms with van der Waals surface area (Å²) in [4.78, 5) is 0. The molecule has 0 saturated heterocycles. The van der Waals surface area contributed by atoms with E-state index in [0.717, 1.165) is 6.07 Å². The van der Waals surface area contributed by atoms with Gasteiger partial charge in [0.05, 0.1) is 6.54 Å². The van der Waals surface area contributed by atoms with Crippen LogP contribution in [0.1, 0.15) is 5.56 Å². The Morgan fingerprint density at radius 3 is 3.00 bits per heavy atom. The number of nitrogens with zero attached hydrogens (tertiary/aromatic N) is 3. The van der Waals surface area contributed by atoms with E-state index >= 15 is 0 Å². The molecule has 3 N–H and O–H groups in total. The lowest BCUT2D eigenvalue weighted by Gasteiger charge is -2.08. The minimum Gasteiger partial charge on any atom is -0.489 e. The highest BCUT2D eigenvalue weighted by Crippen LogP contribution is 2.18. The maximum atomic E-state index is 13.7. The molecule has 100 valence electrons. The third-order valence-electron chi connectivity index (χ3n) is 2.47. The van der Waals surface area contributed by atoms with Gasteiger partial charge >= 0.3 is 0 Å². The molecule has 0 aliphatic heterocycles. The van der Waals surface area contributed by atoms with Crippen LogP contribution in [0.5, 0.6) is 5.75 Å². The number of oxime groups is 1. The molecular weight excluding hydrogens is 251 g/mol. The molecule has 2 aromatic rings. The van der Waals surface area contributed by atoms with Crippen LogP contribution >= 0.6 is 0 Å². The van der Waals surface area contributed by atoms with E-state index in [4.69, 9.17) is 15.7 Å². The molecule has 7 heteroatoms. The van der Waals surface area contributed by atoms with Crippen LogP contribution in [0, 0.1) is 5.82 Å². The van der Waals surface area contributed by atoms with E-state index in [0.29, 0.717) is 18.7 Å². The van der Waals surface area contributed by atoms with Crippen LogP contribution in [0.15, 0.2) is 41.8 Å². The molecule has 0 aliphatic carbocycles. The summed E-state index contributed by atoms with van der Waals surface area (Å²) in [5, 5.41) is 15.3. The monoisotopic (exact) mass is 264 g/mol. The van der Waals surface area contributed by atoms with Gasteiger partial charge in [0.25, 0.3) is 0 Å². The molecular formula is C12H13FN4O2. The lowest BCUT2D eigenvalue weighted by atomic mass is 10.2. The predicted molar refractivity (Wildman–Crippen MR) is 66.6 cm³/mol. The predicted octanol–water partition coefficient (Wildman–Crippen LogP) is 1.20. The summed E-state index contributed by atoms with van der Waals surface area (Å²) >= 11 is 0. The second-order valence-corrected chi connectivity index (χ2v) is 3.75. The Kier molecular flexibility index (Phi) is 3.97. The van der Waals surface area contributed by atoms with E-state index in [1.165, 1.54) is 12.1 Å². The van der Waals surface area contributed by atoms with Gasteiger partial charge in [0.1, 0.15) is 6.61 Å². The Morgan fingerprint density at radius 2 is 2.37 bits per heavy atom. The minimum atomic E-state index is -0.565. The highest BCUT2D eigenvalue weighted by Gasteiger charge is 2.07. The summed E-state index contributed by atoms with van der Waals surface area (Å²) in [5.41, 5.74) is 5.65. The molecule has 0 bridgehead atoms. The van der Waals surface area contributed by atoms with Crippen molar-refractivity contribution in [2.75, 3.05) is 6.61 Å². The first-order chi connectivity index (χ1) is 9.20. The Balaban J connectivity index is 1.97. The van der Waals surface area contributed by atoms with Crippen molar-refractivity contribution in [2.45, 2.75) is 6.54 Å². The highest BCUT2D eigenvalue weighted by molar-refractivity contribution is 5.97. The maximum absolute atomic E-state index is 13.7. The molecule has 0 atom stereocenters. The molecule has 19 heavy (non-hydrogen) atoms. The largest absolute Gasteiger partial charge is 0.489 e. The van der Waals surface area contributed by atoms with E-state index in [9.17, 15) is 4.39 Å². The van der Waals surface area contributed by atoms with E-state index in [2.05, 4.69) is 10.3 Å². The number of rotatable bonds is 5. The molecule has 0 unspecified atom stereocenters. The third-order valence-corrected chi connectivity index (χ3v) is 2.47. The van der Waals surface area contributed by atoms with E-state index in [1.54, 1.807) is 23.1 Å². The van der Waals surface area contributed by atoms with Crippen molar-refractivity contribution in [3.05, 3.63) is 48.0 Å². The summed E-state index contributed by atoms with van der Waals surface area (Å²) < 4.78 is 20.7. The van der Waals surface area contributed by atoms with E-state index in [-0.39, 0.29) is 11.6 Å². The van der Waals surface area contributed by atoms with Crippen LogP contribution in [-0.2, 0) is 6.54 Å². The lowest BCUT2D eigenvalue weighted by Crippen LogP contribution is -2.14. The maximum Gasteiger partial charge on any atom is 0.170 e. The number of hydrogen-bond acceptors (Lipinski definition) is 4. The zero-order valence-electron chi connectivity index (χ0n) is 10.0. The van der Waals surface area contributed by atoms with Crippen molar-refractivity contribution >= 4 is 5.84 Å². The number of hydrogen-bond donors (Lipinski definition) is 2. The van der Waals surface area contributed by atoms with Gasteiger partial charge in [-0.3, -0.25) is 4.68 Å². The first-order valence-electron chi connectivity index (χ1n) is 5.58. The van der Waals surface area contributed by atoms with E-state index < -0.39 is 5.82 Å². The second kappa shape index (κ2) is 5.85. The van der Waals surface area contributed by atoms with Crippen LogP contribution < -0.4 is 10.5 Å². The van der Waals surface area contributed by atoms with Gasteiger partial charge in [0, 0.05) is 18.0 Å². The van der Waals surface area contributed by atoms with Crippen molar-refractivity contribution in [1.82, 2.24) is 9.78 Å². The van der Waals surface area contributed by atoms with Crippen LogP contribution in [0.4, 0.5) is 4.39 Å². The Morgan fingerprint density at radius 1 is 1.53 bits per heavy atom. The first-order valence-corrected chi connectivity index (χ1v) is 5.58. The standard InChI is InChI=1S/C12H13FN4O2/c13-10-8-9(12(14)16-18)2-3-11(10)19-7-6-17-5-1-4-15-17/h1-5,8,18H,6-7H2,(H2,14,16). The fourth-order valence-electron chi connectivity index (χ4n) is 1.52. The van der Waals surface area contributed by atoms with Gasteiger partial charge in [0.2, 0.25) is 0 Å². The Labute approximate surface area is 108 Å². The van der Waals surface area contributed by atoms with Gasteiger partial charge < -0.3 is 15.7 Å². The van der Waals surface area contributed by atoms with Crippen LogP contribution in [-0.4, -0.2) is 27.4 Å². The molecule has 1 aromatic heterocycles. The Bertz CT molecular complexity index is 569. The summed E-state index contributed by atoms with van der Waals surface area (Å²) in [5.74, 6) is -0.604. The van der Waals surface area contributed by atoms with Crippen molar-refractivity contribution in [3.63, 3.8) is 0 Å². The fourth-order valence-corrected chi connectivity index (χ4v) is 1.52. The summed E-state index contributed by atoms with van der Waals surface area (Å²) in [7, 11) is 0. The van der Waals surface area contributed by atoms with Gasteiger partial charge in [0.15, 0.2) is 17.4 Å². The second-order valence-electron chi connectivity index (χ2n) is 3.75. The van der Waals surface area contributed by atoms with Gasteiger partial charge in [-0.05, 0) is 24.3 Å². The van der Waals surface area contributed by atoms with Crippen molar-refractivity contribution in [1.29, 1.82) is 0 Å². The molecule has 0 saturated carbocycles. The molecule has 6 nitrogen and oxygen atoms in total. The quantitative estimate of drug-likeness (QED) is 0.368. The number of nitrogens with two attached hydrogens (primary N) is 1. The average Bonchev–Trinajstić information content (AvgIpc) is 2.93. The zero-order valence-corrected chi connectivity index (χ0v) is 10.0. The molecule has 0 fully saturated rings. The third kappa shape index (κ3) is 3.21. The number of benzene rings is 1. The van der Waals surface area contributed by atoms with Gasteiger partial charge in [-0.1, -0.05) is 5.16 Å². The normalized spacial score (nSPS) is 11.5. The Hall–Kier alpha value is -2.57. The van der Waals surface area contributed by atoms with Gasteiger partial charge in [-0.25, -0.2) is 4.39 Å². The minimum absolute atomic E-state index is 0.113. The molecule has 1 heterocycles. The van der Waals surface area contributed by atoms with E-state index in [1.807, 2.05) is 0 Å². The fraction of sp³-hybridized carbons (Fsp3) is 0.167. The number of ether oxygens (including phenoxy) is 1. The highest BCUT2D eigenvalue weighted by atomic mass is 19.1. The summed E-state index contributed by atoms with van der Waals surface area (Å²) in [6.45, 7) is 0.815. The summed E-state index contributed by atoms with van der Waals surface area (Å²) in [6, 6.07) is 5.90. The van der Waals surface area contributed by atoms with Crippen LogP contribution in [0.2, 0.25) is 0 Å². The SMILES string of the molecule is N/C(=N/O)c1ccc(OCCn2cccn2)c(F)c1. The number of aromatic nitrogens is 2. The molecule has 1 aromatic carbocycles. The van der Waals surface area contributed by atoms with Crippen LogP contribution in [0.25, 0.3) is 0 Å². The number of amidine groups is 1. The van der Waals surface area contributed by atoms with Gasteiger partial charge in [-0.15, -0.1) is 0 Å². The van der Waals surface area contributed by atoms with Crippen molar-refractivity contribution in [2.24, 2.45) is 10.9 Å². The summed E-state index contributed by atoms with van der Waals surface area (Å²) in [6.07, 6.45) is 3.45. The number of halogens is 1. The van der Waals surface area contributed by atoms with Gasteiger partial charge in [-0.2, -0.15) is 5.10 Å². The molecule has 0 amide bonds. The molecule has 2 rings (SSSR count). The molecule has 0 spiro atoms. The van der Waals surface area contributed by atoms with Crippen molar-refractivity contribution in [3.8, 4) is 5.75 Å². The average molecular weight is 264 g/mol. The van der Waals surface area contributed by atoms with Crippen molar-refractivity contribution < 1.29 is 14.3 Å². The van der Waals surface area contributed by atoms with Crippen LogP contribution in [0.3, 0.4) is 0 Å². The molecule has 0 aliphatic rings. The topological polar surface area (TPSA) is 85.7 Å².